The molecular formula is C18H20O2. The molecule has 0 aliphatic carbocycles. The molecule has 1 aliphatic heterocycles. The molecule has 0 spiro atoms. The molecule has 2 unspecified atom stereocenters. The van der Waals surface area contributed by atoms with E-state index in [1.165, 1.54) is 11.1 Å². The van der Waals surface area contributed by atoms with E-state index in [1.54, 1.807) is 12.1 Å². The number of rotatable bonds is 1. The number of para-hydroxylation sites is 1. The van der Waals surface area contributed by atoms with Crippen molar-refractivity contribution in [1.29, 1.82) is 0 Å². The van der Waals surface area contributed by atoms with E-state index in [9.17, 15) is 5.11 Å². The molecule has 0 amide bonds. The highest BCUT2D eigenvalue weighted by atomic mass is 16.5. The van der Waals surface area contributed by atoms with E-state index >= 15 is 0 Å². The molecular weight excluding hydrogens is 248 g/mol. The van der Waals surface area contributed by atoms with Gasteiger partial charge in [-0.15, -0.1) is 0 Å². The second kappa shape index (κ2) is 4.55. The predicted octanol–water partition coefficient (Wildman–Crippen LogP) is 4.33. The fourth-order valence-electron chi connectivity index (χ4n) is 3.03. The third kappa shape index (κ3) is 2.05. The van der Waals surface area contributed by atoms with Crippen molar-refractivity contribution in [2.24, 2.45) is 5.92 Å². The van der Waals surface area contributed by atoms with Gasteiger partial charge in [-0.1, -0.05) is 37.3 Å². The van der Waals surface area contributed by atoms with Crippen LogP contribution in [0.3, 0.4) is 0 Å². The summed E-state index contributed by atoms with van der Waals surface area (Å²) >= 11 is 0. The van der Waals surface area contributed by atoms with E-state index < -0.39 is 0 Å². The standard InChI is InChI=1S/C18H20O2/c1-12-17(13-8-10-14(19)11-9-13)15-6-4-5-7-16(15)20-18(12,2)3/h4-12,17,19H,1-3H3. The molecule has 2 atom stereocenters. The molecule has 20 heavy (non-hydrogen) atoms. The largest absolute Gasteiger partial charge is 0.508 e. The van der Waals surface area contributed by atoms with Gasteiger partial charge in [-0.05, 0) is 37.6 Å². The highest BCUT2D eigenvalue weighted by molar-refractivity contribution is 5.46. The van der Waals surface area contributed by atoms with Crippen molar-refractivity contribution >= 4 is 0 Å². The SMILES string of the molecule is CC1C(c2ccc(O)cc2)c2ccccc2OC1(C)C. The molecule has 2 aromatic rings. The summed E-state index contributed by atoms with van der Waals surface area (Å²) in [5, 5.41) is 9.49. The van der Waals surface area contributed by atoms with E-state index in [1.807, 2.05) is 24.3 Å². The fourth-order valence-corrected chi connectivity index (χ4v) is 3.03. The van der Waals surface area contributed by atoms with Crippen molar-refractivity contribution in [2.45, 2.75) is 32.3 Å². The third-order valence-corrected chi connectivity index (χ3v) is 4.48. The summed E-state index contributed by atoms with van der Waals surface area (Å²) in [5.74, 6) is 1.91. The van der Waals surface area contributed by atoms with Crippen LogP contribution in [0.15, 0.2) is 48.5 Å². The first-order chi connectivity index (χ1) is 9.49. The highest BCUT2D eigenvalue weighted by Gasteiger charge is 2.41. The normalized spacial score (nSPS) is 23.8. The monoisotopic (exact) mass is 268 g/mol. The van der Waals surface area contributed by atoms with Crippen molar-refractivity contribution in [3.8, 4) is 11.5 Å². The minimum atomic E-state index is -0.211. The summed E-state index contributed by atoms with van der Waals surface area (Å²) in [7, 11) is 0. The lowest BCUT2D eigenvalue weighted by Gasteiger charge is -2.43. The molecule has 0 radical (unpaired) electrons. The second-order valence-electron chi connectivity index (χ2n) is 6.10. The van der Waals surface area contributed by atoms with Crippen molar-refractivity contribution in [1.82, 2.24) is 0 Å². The van der Waals surface area contributed by atoms with Gasteiger partial charge in [-0.2, -0.15) is 0 Å². The first kappa shape index (κ1) is 13.0. The Morgan fingerprint density at radius 3 is 2.35 bits per heavy atom. The molecule has 0 aromatic heterocycles. The van der Waals surface area contributed by atoms with Crippen LogP contribution < -0.4 is 4.74 Å². The Bertz CT molecular complexity index is 614. The maximum Gasteiger partial charge on any atom is 0.123 e. The van der Waals surface area contributed by atoms with Crippen LogP contribution >= 0.6 is 0 Å². The number of fused-ring (bicyclic) bond motifs is 1. The van der Waals surface area contributed by atoms with Crippen molar-refractivity contribution in [2.75, 3.05) is 0 Å². The van der Waals surface area contributed by atoms with Gasteiger partial charge < -0.3 is 9.84 Å². The minimum absolute atomic E-state index is 0.211. The van der Waals surface area contributed by atoms with Crippen LogP contribution in [0.2, 0.25) is 0 Å². The lowest BCUT2D eigenvalue weighted by Crippen LogP contribution is -2.43. The second-order valence-corrected chi connectivity index (χ2v) is 6.10. The molecule has 1 heterocycles. The molecule has 2 heteroatoms. The average molecular weight is 268 g/mol. The smallest absolute Gasteiger partial charge is 0.123 e. The molecule has 1 aliphatic rings. The topological polar surface area (TPSA) is 29.5 Å². The quantitative estimate of drug-likeness (QED) is 0.834. The third-order valence-electron chi connectivity index (χ3n) is 4.48. The van der Waals surface area contributed by atoms with Crippen LogP contribution in [0.4, 0.5) is 0 Å². The maximum absolute atomic E-state index is 9.49. The summed E-state index contributed by atoms with van der Waals surface area (Å²) in [6, 6.07) is 15.8. The first-order valence-electron chi connectivity index (χ1n) is 7.06. The molecule has 104 valence electrons. The average Bonchev–Trinajstić information content (AvgIpc) is 2.41. The molecule has 2 aromatic carbocycles. The molecule has 0 saturated heterocycles. The Kier molecular flexibility index (Phi) is 2.97. The van der Waals surface area contributed by atoms with Crippen LogP contribution in [0.5, 0.6) is 11.5 Å². The zero-order chi connectivity index (χ0) is 14.3. The number of benzene rings is 2. The van der Waals surface area contributed by atoms with Crippen molar-refractivity contribution < 1.29 is 9.84 Å². The van der Waals surface area contributed by atoms with Crippen LogP contribution in [0.1, 0.15) is 37.8 Å². The molecule has 2 nitrogen and oxygen atoms in total. The number of hydrogen-bond donors (Lipinski definition) is 1. The lowest BCUT2D eigenvalue weighted by molar-refractivity contribution is 0.0259. The Morgan fingerprint density at radius 2 is 1.65 bits per heavy atom. The molecule has 0 bridgehead atoms. The van der Waals surface area contributed by atoms with E-state index in [0.717, 1.165) is 5.75 Å². The van der Waals surface area contributed by atoms with Crippen molar-refractivity contribution in [3.63, 3.8) is 0 Å². The zero-order valence-corrected chi connectivity index (χ0v) is 12.1. The summed E-state index contributed by atoms with van der Waals surface area (Å²) in [4.78, 5) is 0. The van der Waals surface area contributed by atoms with E-state index in [0.29, 0.717) is 11.7 Å². The number of hydrogen-bond acceptors (Lipinski definition) is 2. The number of aromatic hydroxyl groups is 1. The van der Waals surface area contributed by atoms with Crippen LogP contribution in [-0.2, 0) is 0 Å². The number of ether oxygens (including phenoxy) is 1. The predicted molar refractivity (Wildman–Crippen MR) is 80.3 cm³/mol. The lowest BCUT2D eigenvalue weighted by atomic mass is 9.72. The summed E-state index contributed by atoms with van der Waals surface area (Å²) in [6.07, 6.45) is 0. The van der Waals surface area contributed by atoms with E-state index in [2.05, 4.69) is 32.9 Å². The van der Waals surface area contributed by atoms with Gasteiger partial charge in [-0.3, -0.25) is 0 Å². The van der Waals surface area contributed by atoms with Gasteiger partial charge in [0.25, 0.3) is 0 Å². The highest BCUT2D eigenvalue weighted by Crippen LogP contribution is 2.47. The molecule has 0 saturated carbocycles. The molecule has 0 fully saturated rings. The van der Waals surface area contributed by atoms with Gasteiger partial charge in [0, 0.05) is 17.4 Å². The van der Waals surface area contributed by atoms with Gasteiger partial charge >= 0.3 is 0 Å². The van der Waals surface area contributed by atoms with Crippen LogP contribution in [0.25, 0.3) is 0 Å². The van der Waals surface area contributed by atoms with Gasteiger partial charge in [0.2, 0.25) is 0 Å². The Hall–Kier alpha value is -1.96. The Morgan fingerprint density at radius 1 is 1.00 bits per heavy atom. The Labute approximate surface area is 120 Å². The minimum Gasteiger partial charge on any atom is -0.508 e. The van der Waals surface area contributed by atoms with Gasteiger partial charge in [0.1, 0.15) is 17.1 Å². The van der Waals surface area contributed by atoms with Crippen LogP contribution in [-0.4, -0.2) is 10.7 Å². The van der Waals surface area contributed by atoms with Crippen LogP contribution in [0, 0.1) is 5.92 Å². The van der Waals surface area contributed by atoms with Gasteiger partial charge in [-0.25, -0.2) is 0 Å². The van der Waals surface area contributed by atoms with E-state index in [4.69, 9.17) is 4.74 Å². The van der Waals surface area contributed by atoms with E-state index in [-0.39, 0.29) is 11.5 Å². The Balaban J connectivity index is 2.14. The zero-order valence-electron chi connectivity index (χ0n) is 12.1. The summed E-state index contributed by atoms with van der Waals surface area (Å²) in [5.41, 5.74) is 2.24. The molecule has 3 rings (SSSR count). The summed E-state index contributed by atoms with van der Waals surface area (Å²) in [6.45, 7) is 6.51. The number of phenolic OH excluding ortho intramolecular Hbond substituents is 1. The van der Waals surface area contributed by atoms with Crippen molar-refractivity contribution in [3.05, 3.63) is 59.7 Å². The molecule has 1 N–H and O–H groups in total. The fraction of sp³-hybridized carbons (Fsp3) is 0.333. The number of phenols is 1. The van der Waals surface area contributed by atoms with Gasteiger partial charge in [0.15, 0.2) is 0 Å². The first-order valence-corrected chi connectivity index (χ1v) is 7.06. The maximum atomic E-state index is 9.49. The summed E-state index contributed by atoms with van der Waals surface area (Å²) < 4.78 is 6.16. The van der Waals surface area contributed by atoms with Gasteiger partial charge in [0.05, 0.1) is 0 Å².